The molecule has 1 N–H and O–H groups in total. The van der Waals surface area contributed by atoms with Crippen LogP contribution in [0, 0.1) is 0 Å². The van der Waals surface area contributed by atoms with Gasteiger partial charge in [-0.05, 0) is 59.7 Å². The number of sulfonamides is 1. The molecule has 0 unspecified atom stereocenters. The molecule has 0 aromatic heterocycles. The van der Waals surface area contributed by atoms with Gasteiger partial charge < -0.3 is 10.1 Å². The first kappa shape index (κ1) is 25.3. The Balaban J connectivity index is 1.40. The summed E-state index contributed by atoms with van der Waals surface area (Å²) >= 11 is 5.87. The maximum Gasteiger partial charge on any atom is 0.264 e. The highest BCUT2D eigenvalue weighted by molar-refractivity contribution is 7.92. The van der Waals surface area contributed by atoms with Gasteiger partial charge in [-0.3, -0.25) is 9.10 Å². The zero-order valence-electron chi connectivity index (χ0n) is 19.5. The summed E-state index contributed by atoms with van der Waals surface area (Å²) in [5.41, 5.74) is 2.38. The molecule has 184 valence electrons. The van der Waals surface area contributed by atoms with Crippen LogP contribution in [0.5, 0.6) is 5.75 Å². The van der Waals surface area contributed by atoms with E-state index in [2.05, 4.69) is 5.32 Å². The Hall–Kier alpha value is -3.81. The number of carbonyl (C=O) groups is 1. The van der Waals surface area contributed by atoms with Crippen LogP contribution in [0.25, 0.3) is 0 Å². The maximum atomic E-state index is 12.9. The first-order chi connectivity index (χ1) is 17.3. The summed E-state index contributed by atoms with van der Waals surface area (Å²) in [6.07, 6.45) is 0. The number of anilines is 1. The summed E-state index contributed by atoms with van der Waals surface area (Å²) in [6, 6.07) is 31.6. The third-order valence-electron chi connectivity index (χ3n) is 5.61. The van der Waals surface area contributed by atoms with Gasteiger partial charge in [0.1, 0.15) is 5.75 Å². The van der Waals surface area contributed by atoms with Crippen LogP contribution in [0.4, 0.5) is 5.69 Å². The van der Waals surface area contributed by atoms with Crippen molar-refractivity contribution in [3.63, 3.8) is 0 Å². The van der Waals surface area contributed by atoms with E-state index in [1.54, 1.807) is 24.3 Å². The van der Waals surface area contributed by atoms with Gasteiger partial charge in [-0.15, -0.1) is 0 Å². The van der Waals surface area contributed by atoms with Crippen LogP contribution >= 0.6 is 11.6 Å². The summed E-state index contributed by atoms with van der Waals surface area (Å²) in [5, 5.41) is 3.49. The molecule has 0 aliphatic heterocycles. The van der Waals surface area contributed by atoms with E-state index in [-0.39, 0.29) is 23.5 Å². The number of nitrogens with one attached hydrogen (secondary N) is 1. The number of carbonyl (C=O) groups excluding carboxylic acids is 1. The number of benzene rings is 4. The van der Waals surface area contributed by atoms with Gasteiger partial charge in [-0.2, -0.15) is 0 Å². The number of nitrogens with zero attached hydrogens (tertiary/aromatic N) is 1. The molecule has 4 rings (SSSR count). The van der Waals surface area contributed by atoms with Crippen molar-refractivity contribution in [3.05, 3.63) is 125 Å². The maximum absolute atomic E-state index is 12.9. The van der Waals surface area contributed by atoms with Gasteiger partial charge in [-0.1, -0.05) is 72.3 Å². The van der Waals surface area contributed by atoms with Crippen molar-refractivity contribution in [2.75, 3.05) is 18.0 Å². The predicted octanol–water partition coefficient (Wildman–Crippen LogP) is 5.45. The second-order valence-electron chi connectivity index (χ2n) is 8.03. The van der Waals surface area contributed by atoms with Crippen LogP contribution in [0.15, 0.2) is 114 Å². The summed E-state index contributed by atoms with van der Waals surface area (Å²) in [7, 11) is -2.27. The summed E-state index contributed by atoms with van der Waals surface area (Å²) in [4.78, 5) is 12.9. The highest BCUT2D eigenvalue weighted by Gasteiger charge is 2.21. The average molecular weight is 521 g/mol. The average Bonchev–Trinajstić information content (AvgIpc) is 2.91. The first-order valence-corrected chi connectivity index (χ1v) is 13.0. The van der Waals surface area contributed by atoms with Crippen molar-refractivity contribution in [2.45, 2.75) is 10.9 Å². The molecule has 0 aliphatic carbocycles. The zero-order chi connectivity index (χ0) is 25.5. The van der Waals surface area contributed by atoms with Gasteiger partial charge in [0, 0.05) is 12.1 Å². The molecule has 4 aromatic rings. The zero-order valence-corrected chi connectivity index (χ0v) is 21.1. The van der Waals surface area contributed by atoms with Crippen molar-refractivity contribution in [2.24, 2.45) is 0 Å². The Morgan fingerprint density at radius 2 is 1.36 bits per heavy atom. The van der Waals surface area contributed by atoms with Crippen molar-refractivity contribution in [1.29, 1.82) is 0 Å². The molecule has 0 spiro atoms. The third-order valence-corrected chi connectivity index (χ3v) is 7.67. The molecule has 6 nitrogen and oxygen atoms in total. The molecule has 1 amide bonds. The molecule has 8 heteroatoms. The van der Waals surface area contributed by atoms with Gasteiger partial charge in [0.25, 0.3) is 15.9 Å². The number of hydrogen-bond acceptors (Lipinski definition) is 4. The first-order valence-electron chi connectivity index (χ1n) is 11.2. The number of rotatable bonds is 9. The normalized spacial score (nSPS) is 11.2. The minimum absolute atomic E-state index is 0.137. The Morgan fingerprint density at radius 3 is 1.89 bits per heavy atom. The molecule has 0 aliphatic rings. The number of amides is 1. The fourth-order valence-corrected chi connectivity index (χ4v) is 4.98. The van der Waals surface area contributed by atoms with E-state index in [0.717, 1.165) is 11.1 Å². The van der Waals surface area contributed by atoms with Gasteiger partial charge in [0.05, 0.1) is 16.6 Å². The van der Waals surface area contributed by atoms with Crippen LogP contribution in [-0.4, -0.2) is 28.0 Å². The molecule has 0 atom stereocenters. The quantitative estimate of drug-likeness (QED) is 0.318. The minimum atomic E-state index is -3.74. The lowest BCUT2D eigenvalue weighted by Gasteiger charge is -2.21. The SMILES string of the molecule is CN(c1ccc(OCC(=O)NC(c2ccccc2)c2ccccc2)cc1)S(=O)(=O)c1ccc(Cl)cc1. The number of halogens is 1. The highest BCUT2D eigenvalue weighted by Crippen LogP contribution is 2.26. The molecule has 4 aromatic carbocycles. The van der Waals surface area contributed by atoms with E-state index < -0.39 is 10.0 Å². The second kappa shape index (κ2) is 11.3. The summed E-state index contributed by atoms with van der Waals surface area (Å²) in [5.74, 6) is 0.168. The number of ether oxygens (including phenoxy) is 1. The second-order valence-corrected chi connectivity index (χ2v) is 10.4. The molecule has 0 fully saturated rings. The van der Waals surface area contributed by atoms with Crippen LogP contribution in [0.3, 0.4) is 0 Å². The van der Waals surface area contributed by atoms with Crippen LogP contribution in [0.2, 0.25) is 5.02 Å². The van der Waals surface area contributed by atoms with E-state index in [9.17, 15) is 13.2 Å². The fraction of sp³-hybridized carbons (Fsp3) is 0.107. The Morgan fingerprint density at radius 1 is 0.833 bits per heavy atom. The van der Waals surface area contributed by atoms with Crippen molar-refractivity contribution in [1.82, 2.24) is 5.32 Å². The molecule has 0 saturated heterocycles. The monoisotopic (exact) mass is 520 g/mol. The largest absolute Gasteiger partial charge is 0.484 e. The predicted molar refractivity (Wildman–Crippen MR) is 142 cm³/mol. The van der Waals surface area contributed by atoms with Crippen molar-refractivity contribution in [3.8, 4) is 5.75 Å². The standard InChI is InChI=1S/C28H25ClN2O4S/c1-31(36(33,34)26-18-12-23(29)13-19-26)24-14-16-25(17-15-24)35-20-27(32)30-28(21-8-4-2-5-9-21)22-10-6-3-7-11-22/h2-19,28H,20H2,1H3,(H,30,32). The van der Waals surface area contributed by atoms with Gasteiger partial charge in [0.2, 0.25) is 0 Å². The molecule has 0 saturated carbocycles. The van der Waals surface area contributed by atoms with E-state index in [1.807, 2.05) is 60.7 Å². The molecule has 36 heavy (non-hydrogen) atoms. The van der Waals surface area contributed by atoms with Gasteiger partial charge in [-0.25, -0.2) is 8.42 Å². The topological polar surface area (TPSA) is 75.7 Å². The summed E-state index contributed by atoms with van der Waals surface area (Å²) in [6.45, 7) is -0.186. The van der Waals surface area contributed by atoms with Crippen molar-refractivity contribution >= 4 is 33.2 Å². The fourth-order valence-electron chi connectivity index (χ4n) is 3.66. The molecular formula is C28H25ClN2O4S. The molecule has 0 radical (unpaired) electrons. The third kappa shape index (κ3) is 6.05. The van der Waals surface area contributed by atoms with Crippen molar-refractivity contribution < 1.29 is 17.9 Å². The Kier molecular flexibility index (Phi) is 7.93. The van der Waals surface area contributed by atoms with E-state index in [4.69, 9.17) is 16.3 Å². The lowest BCUT2D eigenvalue weighted by molar-refractivity contribution is -0.123. The lowest BCUT2D eigenvalue weighted by atomic mass is 9.99. The molecule has 0 heterocycles. The lowest BCUT2D eigenvalue weighted by Crippen LogP contribution is -2.33. The smallest absolute Gasteiger partial charge is 0.264 e. The molecular weight excluding hydrogens is 496 g/mol. The van der Waals surface area contributed by atoms with E-state index in [1.165, 1.54) is 35.6 Å². The summed E-state index contributed by atoms with van der Waals surface area (Å²) < 4.78 is 32.6. The minimum Gasteiger partial charge on any atom is -0.484 e. The van der Waals surface area contributed by atoms with E-state index >= 15 is 0 Å². The number of hydrogen-bond donors (Lipinski definition) is 1. The van der Waals surface area contributed by atoms with E-state index in [0.29, 0.717) is 16.5 Å². The van der Waals surface area contributed by atoms with Crippen LogP contribution in [-0.2, 0) is 14.8 Å². The van der Waals surface area contributed by atoms with Crippen LogP contribution in [0.1, 0.15) is 17.2 Å². The van der Waals surface area contributed by atoms with Gasteiger partial charge in [0.15, 0.2) is 6.61 Å². The highest BCUT2D eigenvalue weighted by atomic mass is 35.5. The Bertz CT molecular complexity index is 1360. The van der Waals surface area contributed by atoms with Gasteiger partial charge >= 0.3 is 0 Å². The molecule has 0 bridgehead atoms. The van der Waals surface area contributed by atoms with Crippen LogP contribution < -0.4 is 14.4 Å². The Labute approximate surface area is 216 Å².